The highest BCUT2D eigenvalue weighted by atomic mass is 32.2. The summed E-state index contributed by atoms with van der Waals surface area (Å²) in [7, 11) is -1.35. The van der Waals surface area contributed by atoms with Crippen LogP contribution in [0.5, 0.6) is 0 Å². The van der Waals surface area contributed by atoms with E-state index in [0.29, 0.717) is 66.2 Å². The lowest BCUT2D eigenvalue weighted by molar-refractivity contribution is -0.343. The van der Waals surface area contributed by atoms with Crippen molar-refractivity contribution < 1.29 is 27.0 Å². The topological polar surface area (TPSA) is 160 Å². The average molecular weight is 692 g/mol. The summed E-state index contributed by atoms with van der Waals surface area (Å²) in [6.07, 6.45) is 2.93. The molecular formula is C32H32FN8O5S2+. The highest BCUT2D eigenvalue weighted by molar-refractivity contribution is 7.88. The van der Waals surface area contributed by atoms with Gasteiger partial charge in [-0.05, 0) is 67.4 Å². The molecule has 2 aromatic carbocycles. The molecule has 48 heavy (non-hydrogen) atoms. The normalized spacial score (nSPS) is 14.6. The number of hydrogen-bond donors (Lipinski definition) is 2. The fraction of sp³-hybridized carbons (Fsp3) is 0.281. The molecule has 13 nitrogen and oxygen atoms in total. The number of nitrogens with zero attached hydrogens (tertiary/aromatic N) is 5. The zero-order valence-electron chi connectivity index (χ0n) is 26.1. The first-order valence-corrected chi connectivity index (χ1v) is 18.0. The average Bonchev–Trinajstić information content (AvgIpc) is 3.80. The van der Waals surface area contributed by atoms with Gasteiger partial charge in [-0.3, -0.25) is 9.78 Å². The van der Waals surface area contributed by atoms with Crippen LogP contribution in [0, 0.1) is 5.82 Å². The third kappa shape index (κ3) is 6.33. The van der Waals surface area contributed by atoms with Crippen LogP contribution in [-0.2, 0) is 16.4 Å². The van der Waals surface area contributed by atoms with Crippen LogP contribution < -0.4 is 21.0 Å². The molecule has 1 aliphatic rings. The van der Waals surface area contributed by atoms with Gasteiger partial charge < -0.3 is 9.73 Å². The fourth-order valence-corrected chi connectivity index (χ4v) is 7.70. The maximum Gasteiger partial charge on any atom is 0.417 e. The highest BCUT2D eigenvalue weighted by Crippen LogP contribution is 2.33. The van der Waals surface area contributed by atoms with Crippen LogP contribution >= 0.6 is 11.3 Å². The second-order valence-corrected chi connectivity index (χ2v) is 14.6. The van der Waals surface area contributed by atoms with E-state index in [4.69, 9.17) is 14.5 Å². The first-order valence-electron chi connectivity index (χ1n) is 15.3. The maximum atomic E-state index is 13.6. The molecule has 5 heterocycles. The van der Waals surface area contributed by atoms with Crippen LogP contribution in [0.25, 0.3) is 28.0 Å². The number of thiazole rings is 1. The van der Waals surface area contributed by atoms with Gasteiger partial charge in [0.25, 0.3) is 5.91 Å². The number of halogens is 1. The predicted molar refractivity (Wildman–Crippen MR) is 179 cm³/mol. The lowest BCUT2D eigenvalue weighted by atomic mass is 9.94. The molecule has 0 radical (unpaired) electrons. The Bertz CT molecular complexity index is 2300. The Morgan fingerprint density at radius 3 is 2.69 bits per heavy atom. The van der Waals surface area contributed by atoms with Crippen molar-refractivity contribution in [3.63, 3.8) is 0 Å². The summed E-state index contributed by atoms with van der Waals surface area (Å²) in [6, 6.07) is 14.9. The van der Waals surface area contributed by atoms with Gasteiger partial charge in [-0.15, -0.1) is 0 Å². The number of hydrogen-bond acceptors (Lipinski definition) is 9. The van der Waals surface area contributed by atoms with E-state index in [1.807, 2.05) is 29.5 Å². The van der Waals surface area contributed by atoms with Crippen LogP contribution in [-0.4, -0.2) is 71.1 Å². The molecule has 0 aliphatic carbocycles. The SMILES string of the molecule is CN(c1[nH+]c(-c2ccc(F)cc2)cs1)c1c(CCNC(=O)c2ccc3[nH]c(=O)oc3c2)nc2ccc(C3CCN(S(C)(=O)=O)CC3)nn12. The number of rotatable bonds is 9. The number of aromatic amines is 2. The van der Waals surface area contributed by atoms with Crippen molar-refractivity contribution in [2.75, 3.05) is 37.8 Å². The molecular weight excluding hydrogens is 660 g/mol. The summed E-state index contributed by atoms with van der Waals surface area (Å²) in [5.41, 5.74) is 4.99. The Kier molecular flexibility index (Phi) is 8.30. The van der Waals surface area contributed by atoms with Gasteiger partial charge in [-0.1, -0.05) is 11.3 Å². The molecule has 3 N–H and O–H groups in total. The quantitative estimate of drug-likeness (QED) is 0.232. The number of nitrogens with one attached hydrogen (secondary N) is 3. The molecule has 0 unspecified atom stereocenters. The Hall–Kier alpha value is -4.93. The van der Waals surface area contributed by atoms with E-state index >= 15 is 0 Å². The number of carbonyl (C=O) groups excluding carboxylic acids is 1. The van der Waals surface area contributed by atoms with Gasteiger partial charge in [0.05, 0.1) is 24.5 Å². The van der Waals surface area contributed by atoms with Crippen LogP contribution in [0.3, 0.4) is 0 Å². The van der Waals surface area contributed by atoms with Gasteiger partial charge in [0.15, 0.2) is 11.2 Å². The minimum atomic E-state index is -3.25. The summed E-state index contributed by atoms with van der Waals surface area (Å²) in [4.78, 5) is 37.4. The Labute approximate surface area is 278 Å². The first-order chi connectivity index (χ1) is 23.0. The predicted octanol–water partition coefficient (Wildman–Crippen LogP) is 3.72. The summed E-state index contributed by atoms with van der Waals surface area (Å²) in [6.45, 7) is 1.14. The largest absolute Gasteiger partial charge is 0.417 e. The number of H-pyrrole nitrogens is 2. The van der Waals surface area contributed by atoms with E-state index in [2.05, 4.69) is 15.3 Å². The monoisotopic (exact) mass is 691 g/mol. The van der Waals surface area contributed by atoms with Crippen LogP contribution in [0.15, 0.2) is 69.2 Å². The minimum absolute atomic E-state index is 0.0795. The van der Waals surface area contributed by atoms with Gasteiger partial charge >= 0.3 is 10.9 Å². The zero-order chi connectivity index (χ0) is 33.6. The number of benzene rings is 2. The summed E-state index contributed by atoms with van der Waals surface area (Å²) >= 11 is 1.48. The molecule has 0 spiro atoms. The van der Waals surface area contributed by atoms with E-state index in [9.17, 15) is 22.4 Å². The van der Waals surface area contributed by atoms with Gasteiger partial charge in [0.2, 0.25) is 15.8 Å². The second kappa shape index (κ2) is 12.6. The van der Waals surface area contributed by atoms with Crippen LogP contribution in [0.1, 0.15) is 40.5 Å². The second-order valence-electron chi connectivity index (χ2n) is 11.7. The van der Waals surface area contributed by atoms with E-state index in [-0.39, 0.29) is 24.2 Å². The Morgan fingerprint density at radius 2 is 1.94 bits per heavy atom. The number of fused-ring (bicyclic) bond motifs is 2. The van der Waals surface area contributed by atoms with E-state index in [1.165, 1.54) is 40.1 Å². The van der Waals surface area contributed by atoms with Crippen molar-refractivity contribution in [1.82, 2.24) is 29.2 Å². The zero-order valence-corrected chi connectivity index (χ0v) is 27.7. The van der Waals surface area contributed by atoms with Gasteiger partial charge in [-0.2, -0.15) is 9.61 Å². The van der Waals surface area contributed by atoms with Crippen molar-refractivity contribution in [3.05, 3.63) is 93.3 Å². The van der Waals surface area contributed by atoms with Crippen molar-refractivity contribution in [3.8, 4) is 11.3 Å². The molecule has 0 saturated carbocycles. The third-order valence-corrected chi connectivity index (χ3v) is 10.8. The van der Waals surface area contributed by atoms with Crippen LogP contribution in [0.2, 0.25) is 0 Å². The lowest BCUT2D eigenvalue weighted by Gasteiger charge is -2.29. The van der Waals surface area contributed by atoms with Crippen LogP contribution in [0.4, 0.5) is 15.3 Å². The van der Waals surface area contributed by atoms with E-state index in [1.54, 1.807) is 28.8 Å². The molecule has 0 bridgehead atoms. The van der Waals surface area contributed by atoms with Crippen molar-refractivity contribution in [2.24, 2.45) is 0 Å². The molecule has 0 atom stereocenters. The van der Waals surface area contributed by atoms with Gasteiger partial charge in [0, 0.05) is 48.5 Å². The summed E-state index contributed by atoms with van der Waals surface area (Å²) < 4.78 is 46.1. The molecule has 1 amide bonds. The Morgan fingerprint density at radius 1 is 1.17 bits per heavy atom. The Balaban J connectivity index is 1.17. The van der Waals surface area contributed by atoms with Crippen molar-refractivity contribution >= 4 is 55.0 Å². The molecule has 1 fully saturated rings. The number of sulfonamides is 1. The van der Waals surface area contributed by atoms with E-state index in [0.717, 1.165) is 22.1 Å². The number of imidazole rings is 1. The fourth-order valence-electron chi connectivity index (χ4n) is 5.99. The van der Waals surface area contributed by atoms with Crippen molar-refractivity contribution in [2.45, 2.75) is 25.2 Å². The number of amides is 1. The summed E-state index contributed by atoms with van der Waals surface area (Å²) in [5.74, 6) is -0.440. The molecule has 6 aromatic rings. The number of carbonyl (C=O) groups is 1. The minimum Gasteiger partial charge on any atom is -0.408 e. The lowest BCUT2D eigenvalue weighted by Crippen LogP contribution is -2.37. The highest BCUT2D eigenvalue weighted by Gasteiger charge is 2.30. The number of aromatic nitrogens is 5. The number of piperidine rings is 1. The molecule has 1 saturated heterocycles. The maximum absolute atomic E-state index is 13.6. The molecule has 248 valence electrons. The first kappa shape index (κ1) is 31.7. The summed E-state index contributed by atoms with van der Waals surface area (Å²) in [5, 5.41) is 10.7. The number of anilines is 2. The molecule has 4 aromatic heterocycles. The molecule has 1 aliphatic heterocycles. The molecule has 7 rings (SSSR count). The van der Waals surface area contributed by atoms with Gasteiger partial charge in [-0.25, -0.2) is 36.8 Å². The number of oxazole rings is 1. The smallest absolute Gasteiger partial charge is 0.408 e. The van der Waals surface area contributed by atoms with Crippen molar-refractivity contribution in [1.29, 1.82) is 0 Å². The van der Waals surface area contributed by atoms with E-state index < -0.39 is 15.8 Å². The van der Waals surface area contributed by atoms with Gasteiger partial charge in [0.1, 0.15) is 17.2 Å². The standard InChI is InChI=1S/C32H31FN8O5S2/c1-39(31-36-26(18-47-31)19-3-6-22(33)7-4-19)30-25(11-14-34-29(42)21-5-8-24-27(17-21)46-32(43)37-24)35-28-10-9-23(38-41(28)30)20-12-15-40(16-13-20)48(2,44)45/h3-10,17-18,20H,11-16H2,1-2H3,(H,34,42)(H,37,43)/p+1. The molecule has 16 heteroatoms. The third-order valence-electron chi connectivity index (χ3n) is 8.52.